The minimum absolute atomic E-state index is 0.0928. The van der Waals surface area contributed by atoms with Crippen LogP contribution >= 0.6 is 11.3 Å². The van der Waals surface area contributed by atoms with Gasteiger partial charge in [0.15, 0.2) is 5.82 Å². The average Bonchev–Trinajstić information content (AvgIpc) is 2.80. The quantitative estimate of drug-likeness (QED) is 0.795. The minimum Gasteiger partial charge on any atom is -0.361 e. The Balaban J connectivity index is 2.26. The van der Waals surface area contributed by atoms with Crippen LogP contribution in [0, 0.1) is 13.8 Å². The molecule has 0 amide bonds. The predicted octanol–water partition coefficient (Wildman–Crippen LogP) is 2.19. The number of hydrogen-bond donors (Lipinski definition) is 2. The lowest BCUT2D eigenvalue weighted by Gasteiger charge is -2.25. The van der Waals surface area contributed by atoms with E-state index in [-0.39, 0.29) is 6.17 Å². The van der Waals surface area contributed by atoms with E-state index in [1.54, 1.807) is 11.3 Å². The zero-order valence-electron chi connectivity index (χ0n) is 9.53. The Kier molecular flexibility index (Phi) is 2.05. The van der Waals surface area contributed by atoms with Gasteiger partial charge in [-0.3, -0.25) is 9.88 Å². The molecule has 16 heavy (non-hydrogen) atoms. The van der Waals surface area contributed by atoms with Crippen LogP contribution in [0.2, 0.25) is 0 Å². The van der Waals surface area contributed by atoms with E-state index in [0.29, 0.717) is 0 Å². The molecule has 0 saturated heterocycles. The number of nitrogens with zero attached hydrogens (tertiary/aromatic N) is 2. The van der Waals surface area contributed by atoms with Gasteiger partial charge in [0.2, 0.25) is 0 Å². The van der Waals surface area contributed by atoms with Crippen LogP contribution in [0.15, 0.2) is 12.3 Å². The standard InChI is InChI=1S/C11H14N4S/c1-6-5-13-10-9(12-3)14-8-4-7(2)16-11(8)15(6)10/h4-5,9,12,14H,1-3H3. The Bertz CT molecular complexity index is 540. The first-order valence-electron chi connectivity index (χ1n) is 5.29. The number of rotatable bonds is 1. The van der Waals surface area contributed by atoms with Crippen LogP contribution in [-0.4, -0.2) is 16.6 Å². The lowest BCUT2D eigenvalue weighted by atomic mass is 10.3. The molecule has 0 aliphatic carbocycles. The summed E-state index contributed by atoms with van der Waals surface area (Å²) in [7, 11) is 1.94. The van der Waals surface area contributed by atoms with E-state index in [1.807, 2.05) is 13.2 Å². The first-order valence-corrected chi connectivity index (χ1v) is 6.11. The summed E-state index contributed by atoms with van der Waals surface area (Å²) >= 11 is 1.80. The van der Waals surface area contributed by atoms with Crippen molar-refractivity contribution in [2.24, 2.45) is 0 Å². The van der Waals surface area contributed by atoms with Crippen LogP contribution in [0.1, 0.15) is 22.6 Å². The van der Waals surface area contributed by atoms with Gasteiger partial charge < -0.3 is 5.32 Å². The number of aromatic nitrogens is 2. The first-order chi connectivity index (χ1) is 7.70. The third-order valence-electron chi connectivity index (χ3n) is 2.85. The molecule has 4 nitrogen and oxygen atoms in total. The number of imidazole rings is 1. The second-order valence-corrected chi connectivity index (χ2v) is 5.27. The van der Waals surface area contributed by atoms with Gasteiger partial charge in [0.25, 0.3) is 0 Å². The van der Waals surface area contributed by atoms with Gasteiger partial charge in [-0.1, -0.05) is 0 Å². The molecule has 2 N–H and O–H groups in total. The maximum Gasteiger partial charge on any atom is 0.151 e. The van der Waals surface area contributed by atoms with Crippen molar-refractivity contribution in [2.75, 3.05) is 12.4 Å². The largest absolute Gasteiger partial charge is 0.361 e. The van der Waals surface area contributed by atoms with Crippen molar-refractivity contribution in [3.05, 3.63) is 28.7 Å². The maximum atomic E-state index is 4.46. The number of hydrogen-bond acceptors (Lipinski definition) is 4. The van der Waals surface area contributed by atoms with Gasteiger partial charge in [0.05, 0.1) is 5.69 Å². The summed E-state index contributed by atoms with van der Waals surface area (Å²) in [5, 5.41) is 7.93. The Labute approximate surface area is 98.3 Å². The molecule has 3 heterocycles. The van der Waals surface area contributed by atoms with Crippen molar-refractivity contribution in [2.45, 2.75) is 20.0 Å². The smallest absolute Gasteiger partial charge is 0.151 e. The average molecular weight is 234 g/mol. The molecule has 1 aliphatic heterocycles. The second kappa shape index (κ2) is 3.33. The fourth-order valence-corrected chi connectivity index (χ4v) is 3.15. The molecule has 0 fully saturated rings. The summed E-state index contributed by atoms with van der Waals surface area (Å²) in [5.74, 6) is 1.04. The van der Waals surface area contributed by atoms with Crippen molar-refractivity contribution in [1.82, 2.24) is 14.9 Å². The zero-order valence-corrected chi connectivity index (χ0v) is 10.4. The summed E-state index contributed by atoms with van der Waals surface area (Å²) in [6, 6.07) is 2.19. The van der Waals surface area contributed by atoms with Gasteiger partial charge >= 0.3 is 0 Å². The molecule has 84 valence electrons. The molecule has 1 atom stereocenters. The van der Waals surface area contributed by atoms with Gasteiger partial charge in [0.1, 0.15) is 11.2 Å². The highest BCUT2D eigenvalue weighted by atomic mass is 32.1. The van der Waals surface area contributed by atoms with Crippen molar-refractivity contribution >= 4 is 17.0 Å². The maximum absolute atomic E-state index is 4.46. The van der Waals surface area contributed by atoms with Crippen LogP contribution in [-0.2, 0) is 0 Å². The first kappa shape index (κ1) is 9.86. The van der Waals surface area contributed by atoms with Gasteiger partial charge in [-0.05, 0) is 27.0 Å². The molecule has 1 aliphatic rings. The molecule has 3 rings (SSSR count). The molecule has 0 spiro atoms. The van der Waals surface area contributed by atoms with Crippen LogP contribution < -0.4 is 10.6 Å². The van der Waals surface area contributed by atoms with E-state index in [4.69, 9.17) is 0 Å². The van der Waals surface area contributed by atoms with Crippen molar-refractivity contribution < 1.29 is 0 Å². The lowest BCUT2D eigenvalue weighted by Crippen LogP contribution is -2.30. The molecular formula is C11H14N4S. The van der Waals surface area contributed by atoms with Crippen LogP contribution in [0.5, 0.6) is 0 Å². The third kappa shape index (κ3) is 1.22. The fraction of sp³-hybridized carbons (Fsp3) is 0.364. The normalized spacial score (nSPS) is 17.8. The molecule has 2 aromatic rings. The minimum atomic E-state index is 0.0928. The molecule has 2 aromatic heterocycles. The molecule has 5 heteroatoms. The van der Waals surface area contributed by atoms with Crippen molar-refractivity contribution in [1.29, 1.82) is 0 Å². The number of fused-ring (bicyclic) bond motifs is 3. The van der Waals surface area contributed by atoms with E-state index in [1.165, 1.54) is 21.3 Å². The summed E-state index contributed by atoms with van der Waals surface area (Å²) in [6.07, 6.45) is 2.01. The Morgan fingerprint density at radius 1 is 1.50 bits per heavy atom. The number of nitrogens with one attached hydrogen (secondary N) is 2. The molecule has 1 unspecified atom stereocenters. The van der Waals surface area contributed by atoms with Gasteiger partial charge in [-0.15, -0.1) is 11.3 Å². The predicted molar refractivity (Wildman–Crippen MR) is 66.3 cm³/mol. The van der Waals surface area contributed by atoms with Gasteiger partial charge in [0, 0.05) is 16.8 Å². The van der Waals surface area contributed by atoms with Crippen LogP contribution in [0.4, 0.5) is 5.69 Å². The molecular weight excluding hydrogens is 220 g/mol. The van der Waals surface area contributed by atoms with Crippen molar-refractivity contribution in [3.8, 4) is 5.00 Å². The van der Waals surface area contributed by atoms with E-state index in [9.17, 15) is 0 Å². The third-order valence-corrected chi connectivity index (χ3v) is 3.89. The summed E-state index contributed by atoms with van der Waals surface area (Å²) in [4.78, 5) is 5.77. The number of thiophene rings is 1. The van der Waals surface area contributed by atoms with E-state index in [0.717, 1.165) is 5.82 Å². The van der Waals surface area contributed by atoms with Gasteiger partial charge in [-0.25, -0.2) is 4.98 Å². The monoisotopic (exact) mass is 234 g/mol. The summed E-state index contributed by atoms with van der Waals surface area (Å²) in [5.41, 5.74) is 2.37. The Hall–Kier alpha value is -1.33. The topological polar surface area (TPSA) is 41.9 Å². The highest BCUT2D eigenvalue weighted by molar-refractivity contribution is 7.15. The fourth-order valence-electron chi connectivity index (χ4n) is 2.12. The Morgan fingerprint density at radius 3 is 3.06 bits per heavy atom. The molecule has 0 aromatic carbocycles. The number of aryl methyl sites for hydroxylation is 2. The molecule has 0 saturated carbocycles. The van der Waals surface area contributed by atoms with Crippen LogP contribution in [0.3, 0.4) is 0 Å². The molecule has 0 bridgehead atoms. The van der Waals surface area contributed by atoms with Crippen molar-refractivity contribution in [3.63, 3.8) is 0 Å². The summed E-state index contributed by atoms with van der Waals surface area (Å²) < 4.78 is 2.23. The van der Waals surface area contributed by atoms with E-state index in [2.05, 4.69) is 40.1 Å². The highest BCUT2D eigenvalue weighted by Gasteiger charge is 2.26. The second-order valence-electron chi connectivity index (χ2n) is 4.04. The zero-order chi connectivity index (χ0) is 11.3. The van der Waals surface area contributed by atoms with E-state index >= 15 is 0 Å². The SMILES string of the molecule is CNC1Nc2cc(C)sc2-n2c(C)cnc21. The molecule has 0 radical (unpaired) electrons. The van der Waals surface area contributed by atoms with Gasteiger partial charge in [-0.2, -0.15) is 0 Å². The van der Waals surface area contributed by atoms with E-state index < -0.39 is 0 Å². The summed E-state index contributed by atoms with van der Waals surface area (Å²) in [6.45, 7) is 4.22. The number of anilines is 1. The highest BCUT2D eigenvalue weighted by Crippen LogP contribution is 2.38. The Morgan fingerprint density at radius 2 is 2.31 bits per heavy atom. The van der Waals surface area contributed by atoms with Crippen LogP contribution in [0.25, 0.3) is 5.00 Å². The lowest BCUT2D eigenvalue weighted by molar-refractivity contribution is 0.601.